The van der Waals surface area contributed by atoms with Crippen LogP contribution in [-0.4, -0.2) is 43.3 Å². The largest absolute Gasteiger partial charge is 0.368 e. The molecule has 2 fully saturated rings. The number of hydrogen-bond donors (Lipinski definition) is 0. The number of carbonyl (C=O) groups excluding carboxylic acids is 1. The van der Waals surface area contributed by atoms with Crippen molar-refractivity contribution in [3.8, 4) is 0 Å². The van der Waals surface area contributed by atoms with Gasteiger partial charge in [-0.05, 0) is 20.3 Å². The van der Waals surface area contributed by atoms with Gasteiger partial charge in [0.1, 0.15) is 18.3 Å². The van der Waals surface area contributed by atoms with Crippen LogP contribution in [-0.2, 0) is 23.7 Å². The van der Waals surface area contributed by atoms with Crippen LogP contribution in [0.4, 0.5) is 0 Å². The van der Waals surface area contributed by atoms with Crippen LogP contribution in [0.3, 0.4) is 0 Å². The second kappa shape index (κ2) is 6.13. The Labute approximate surface area is 113 Å². The van der Waals surface area contributed by atoms with Crippen LogP contribution in [0.25, 0.3) is 0 Å². The fourth-order valence-corrected chi connectivity index (χ4v) is 2.32. The van der Waals surface area contributed by atoms with E-state index in [4.69, 9.17) is 18.9 Å². The first kappa shape index (κ1) is 14.7. The van der Waals surface area contributed by atoms with E-state index in [1.165, 1.54) is 0 Å². The number of unbranched alkanes of at least 4 members (excludes halogenated alkanes) is 1. The maximum Gasteiger partial charge on any atom is 0.190 e. The summed E-state index contributed by atoms with van der Waals surface area (Å²) in [7, 11) is 0. The summed E-state index contributed by atoms with van der Waals surface area (Å²) in [6, 6.07) is 0. The molecule has 0 aromatic heterocycles. The molecule has 2 rings (SSSR count). The van der Waals surface area contributed by atoms with Crippen molar-refractivity contribution in [3.63, 3.8) is 0 Å². The van der Waals surface area contributed by atoms with Crippen LogP contribution < -0.4 is 0 Å². The zero-order valence-corrected chi connectivity index (χ0v) is 11.7. The lowest BCUT2D eigenvalue weighted by Gasteiger charge is -2.23. The van der Waals surface area contributed by atoms with E-state index >= 15 is 0 Å². The topological polar surface area (TPSA) is 54.0 Å². The summed E-state index contributed by atoms with van der Waals surface area (Å²) in [5, 5.41) is 0. The van der Waals surface area contributed by atoms with Gasteiger partial charge in [-0.25, -0.2) is 0 Å². The molecular weight excluding hydrogens is 248 g/mol. The van der Waals surface area contributed by atoms with Gasteiger partial charge in [0, 0.05) is 0 Å². The molecule has 2 aliphatic heterocycles. The molecule has 0 aromatic carbocycles. The highest BCUT2D eigenvalue weighted by atomic mass is 16.8. The number of ether oxygens (including phenoxy) is 4. The van der Waals surface area contributed by atoms with Crippen molar-refractivity contribution < 1.29 is 23.7 Å². The quantitative estimate of drug-likeness (QED) is 0.544. The Morgan fingerprint density at radius 3 is 2.74 bits per heavy atom. The van der Waals surface area contributed by atoms with Gasteiger partial charge in [0.15, 0.2) is 18.4 Å². The second-order valence-corrected chi connectivity index (χ2v) is 5.26. The van der Waals surface area contributed by atoms with Gasteiger partial charge in [-0.3, -0.25) is 0 Å². The molecule has 2 aliphatic rings. The number of hydrogen-bond acceptors (Lipinski definition) is 5. The minimum Gasteiger partial charge on any atom is -0.368 e. The van der Waals surface area contributed by atoms with Crippen molar-refractivity contribution >= 4 is 6.29 Å². The Morgan fingerprint density at radius 1 is 1.26 bits per heavy atom. The molecule has 0 spiro atoms. The number of fused-ring (bicyclic) bond motifs is 1. The van der Waals surface area contributed by atoms with Crippen LogP contribution >= 0.6 is 0 Å². The third-order valence-electron chi connectivity index (χ3n) is 3.17. The molecule has 0 amide bonds. The summed E-state index contributed by atoms with van der Waals surface area (Å²) in [6.45, 7) is 6.21. The molecule has 0 N–H and O–H groups in total. The Kier molecular flexibility index (Phi) is 4.73. The third-order valence-corrected chi connectivity index (χ3v) is 3.17. The maximum absolute atomic E-state index is 11.0. The highest BCUT2D eigenvalue weighted by molar-refractivity contribution is 5.58. The van der Waals surface area contributed by atoms with Crippen molar-refractivity contribution in [1.29, 1.82) is 0 Å². The van der Waals surface area contributed by atoms with E-state index in [1.54, 1.807) is 0 Å². The molecule has 108 valence electrons. The summed E-state index contributed by atoms with van der Waals surface area (Å²) in [6.07, 6.45) is 5.02. The predicted molar refractivity (Wildman–Crippen MR) is 68.6 cm³/mol. The van der Waals surface area contributed by atoms with Crippen LogP contribution in [0.15, 0.2) is 12.2 Å². The lowest BCUT2D eigenvalue weighted by Crippen LogP contribution is -2.37. The molecule has 0 aromatic rings. The number of allylic oxidation sites excluding steroid dienone is 1. The molecule has 0 radical (unpaired) electrons. The lowest BCUT2D eigenvalue weighted by atomic mass is 10.1. The standard InChI is InChI=1S/C14H22O5/c1-4-5-6-7-8-16-11-10(9-15)17-13-12(11)18-14(2,3)19-13/h6-7,9-13H,4-5,8H2,1-3H3/b7-6+/t10-,11-,12-,13-/m1/s1. The average molecular weight is 270 g/mol. The Morgan fingerprint density at radius 2 is 2.05 bits per heavy atom. The van der Waals surface area contributed by atoms with E-state index in [2.05, 4.69) is 13.0 Å². The fraction of sp³-hybridized carbons (Fsp3) is 0.786. The fourth-order valence-electron chi connectivity index (χ4n) is 2.32. The zero-order chi connectivity index (χ0) is 13.9. The highest BCUT2D eigenvalue weighted by Crippen LogP contribution is 2.38. The lowest BCUT2D eigenvalue weighted by molar-refractivity contribution is -0.214. The van der Waals surface area contributed by atoms with Crippen LogP contribution in [0, 0.1) is 0 Å². The molecule has 0 aliphatic carbocycles. The van der Waals surface area contributed by atoms with E-state index in [1.807, 2.05) is 19.9 Å². The minimum atomic E-state index is -0.692. The normalized spacial score (nSPS) is 36.8. The van der Waals surface area contributed by atoms with Gasteiger partial charge < -0.3 is 23.7 Å². The van der Waals surface area contributed by atoms with Gasteiger partial charge >= 0.3 is 0 Å². The molecule has 0 bridgehead atoms. The SMILES string of the molecule is CCC/C=C/CO[C@H]1[C@H]2OC(C)(C)O[C@H]2O[C@@H]1C=O. The van der Waals surface area contributed by atoms with Gasteiger partial charge in [-0.2, -0.15) is 0 Å². The van der Waals surface area contributed by atoms with Crippen molar-refractivity contribution in [2.75, 3.05) is 6.61 Å². The van der Waals surface area contributed by atoms with E-state index < -0.39 is 24.3 Å². The number of rotatable bonds is 6. The van der Waals surface area contributed by atoms with E-state index in [0.717, 1.165) is 19.1 Å². The first-order valence-electron chi connectivity index (χ1n) is 6.80. The van der Waals surface area contributed by atoms with Gasteiger partial charge in [0.05, 0.1) is 6.61 Å². The first-order chi connectivity index (χ1) is 9.07. The molecule has 2 heterocycles. The molecule has 0 unspecified atom stereocenters. The summed E-state index contributed by atoms with van der Waals surface area (Å²) in [4.78, 5) is 11.0. The average Bonchev–Trinajstić information content (AvgIpc) is 2.81. The molecule has 4 atom stereocenters. The molecule has 5 heteroatoms. The van der Waals surface area contributed by atoms with Crippen LogP contribution in [0.1, 0.15) is 33.6 Å². The van der Waals surface area contributed by atoms with Crippen molar-refractivity contribution in [2.45, 2.75) is 64.0 Å². The van der Waals surface area contributed by atoms with Crippen molar-refractivity contribution in [2.24, 2.45) is 0 Å². The molecule has 2 saturated heterocycles. The van der Waals surface area contributed by atoms with Crippen molar-refractivity contribution in [1.82, 2.24) is 0 Å². The summed E-state index contributed by atoms with van der Waals surface area (Å²) in [5.74, 6) is -0.692. The molecule has 5 nitrogen and oxygen atoms in total. The first-order valence-corrected chi connectivity index (χ1v) is 6.80. The number of aldehydes is 1. The van der Waals surface area contributed by atoms with E-state index in [9.17, 15) is 4.79 Å². The third kappa shape index (κ3) is 3.42. The number of carbonyl (C=O) groups is 1. The Balaban J connectivity index is 1.91. The Bertz CT molecular complexity index is 339. The zero-order valence-electron chi connectivity index (χ0n) is 11.7. The van der Waals surface area contributed by atoms with Gasteiger partial charge in [0.2, 0.25) is 0 Å². The summed E-state index contributed by atoms with van der Waals surface area (Å²) >= 11 is 0. The molecule has 0 saturated carbocycles. The van der Waals surface area contributed by atoms with Gasteiger partial charge in [-0.1, -0.05) is 25.5 Å². The predicted octanol–water partition coefficient (Wildman–Crippen LogP) is 1.80. The van der Waals surface area contributed by atoms with Crippen LogP contribution in [0.5, 0.6) is 0 Å². The maximum atomic E-state index is 11.0. The summed E-state index contributed by atoms with van der Waals surface area (Å²) < 4.78 is 22.5. The molecule has 19 heavy (non-hydrogen) atoms. The monoisotopic (exact) mass is 270 g/mol. The van der Waals surface area contributed by atoms with E-state index in [-0.39, 0.29) is 6.10 Å². The van der Waals surface area contributed by atoms with Crippen LogP contribution in [0.2, 0.25) is 0 Å². The van der Waals surface area contributed by atoms with Gasteiger partial charge in [-0.15, -0.1) is 0 Å². The smallest absolute Gasteiger partial charge is 0.190 e. The Hall–Kier alpha value is -0.750. The molecular formula is C14H22O5. The highest BCUT2D eigenvalue weighted by Gasteiger charge is 2.55. The minimum absolute atomic E-state index is 0.343. The van der Waals surface area contributed by atoms with E-state index in [0.29, 0.717) is 6.61 Å². The van der Waals surface area contributed by atoms with Crippen molar-refractivity contribution in [3.05, 3.63) is 12.2 Å². The second-order valence-electron chi connectivity index (χ2n) is 5.26. The summed E-state index contributed by atoms with van der Waals surface area (Å²) in [5.41, 5.74) is 0. The van der Waals surface area contributed by atoms with Gasteiger partial charge in [0.25, 0.3) is 0 Å².